The molecule has 2 rings (SSSR count). The Balaban J connectivity index is 2.08. The molecule has 3 nitrogen and oxygen atoms in total. The van der Waals surface area contributed by atoms with E-state index in [0.717, 1.165) is 17.9 Å². The molecule has 1 aromatic rings. The summed E-state index contributed by atoms with van der Waals surface area (Å²) in [5.74, 6) is 0.733. The summed E-state index contributed by atoms with van der Waals surface area (Å²) in [6.45, 7) is 2.46. The predicted octanol–water partition coefficient (Wildman–Crippen LogP) is 2.88. The first-order valence-corrected chi connectivity index (χ1v) is 6.15. The zero-order chi connectivity index (χ0) is 12.3. The molecule has 0 amide bonds. The number of ether oxygens (including phenoxy) is 1. The van der Waals surface area contributed by atoms with E-state index in [4.69, 9.17) is 21.6 Å². The van der Waals surface area contributed by atoms with E-state index >= 15 is 0 Å². The highest BCUT2D eigenvalue weighted by Crippen LogP contribution is 2.26. The largest absolute Gasteiger partial charge is 0.476 e. The van der Waals surface area contributed by atoms with Gasteiger partial charge in [-0.3, -0.25) is 0 Å². The minimum atomic E-state index is -0.448. The summed E-state index contributed by atoms with van der Waals surface area (Å²) in [7, 11) is 0. The van der Waals surface area contributed by atoms with Crippen molar-refractivity contribution in [1.29, 1.82) is 5.26 Å². The highest BCUT2D eigenvalue weighted by molar-refractivity contribution is 6.30. The molecular weight excluding hydrogens is 236 g/mol. The summed E-state index contributed by atoms with van der Waals surface area (Å²) < 4.78 is 5.54. The topological polar surface area (TPSA) is 45.0 Å². The van der Waals surface area contributed by atoms with E-state index in [0.29, 0.717) is 11.1 Å². The summed E-state index contributed by atoms with van der Waals surface area (Å²) in [6, 6.07) is 8.18. The van der Waals surface area contributed by atoms with Crippen LogP contribution in [0.2, 0.25) is 5.02 Å². The molecule has 0 aliphatic heterocycles. The number of hydrogen-bond donors (Lipinski definition) is 1. The molecule has 0 spiro atoms. The van der Waals surface area contributed by atoms with E-state index in [1.54, 1.807) is 13.0 Å². The van der Waals surface area contributed by atoms with Gasteiger partial charge >= 0.3 is 0 Å². The van der Waals surface area contributed by atoms with Crippen molar-refractivity contribution < 1.29 is 4.74 Å². The van der Waals surface area contributed by atoms with Crippen LogP contribution >= 0.6 is 11.6 Å². The predicted molar refractivity (Wildman–Crippen MR) is 67.0 cm³/mol. The van der Waals surface area contributed by atoms with Crippen molar-refractivity contribution in [3.63, 3.8) is 0 Å². The molecule has 0 aromatic heterocycles. The molecule has 0 radical (unpaired) electrons. The third-order valence-corrected chi connectivity index (χ3v) is 2.90. The number of hydrogen-bond acceptors (Lipinski definition) is 3. The highest BCUT2D eigenvalue weighted by atomic mass is 35.5. The van der Waals surface area contributed by atoms with Gasteiger partial charge in [0.05, 0.1) is 0 Å². The van der Waals surface area contributed by atoms with Crippen LogP contribution in [0.25, 0.3) is 0 Å². The van der Waals surface area contributed by atoms with Crippen LogP contribution in [0, 0.1) is 11.3 Å². The second-order valence-corrected chi connectivity index (χ2v) is 4.73. The first kappa shape index (κ1) is 12.2. The van der Waals surface area contributed by atoms with Crippen LogP contribution < -0.4 is 10.1 Å². The molecule has 0 saturated heterocycles. The molecule has 1 unspecified atom stereocenters. The lowest BCUT2D eigenvalue weighted by molar-refractivity contribution is 0.273. The van der Waals surface area contributed by atoms with Crippen LogP contribution in [0.15, 0.2) is 18.2 Å². The highest BCUT2D eigenvalue weighted by Gasteiger charge is 2.20. The quantitative estimate of drug-likeness (QED) is 0.874. The average Bonchev–Trinajstić information content (AvgIpc) is 3.13. The summed E-state index contributed by atoms with van der Waals surface area (Å²) in [5, 5.41) is 12.9. The van der Waals surface area contributed by atoms with E-state index in [9.17, 15) is 0 Å². The van der Waals surface area contributed by atoms with Crippen molar-refractivity contribution in [2.45, 2.75) is 38.5 Å². The van der Waals surface area contributed by atoms with Crippen LogP contribution in [-0.4, -0.2) is 12.1 Å². The first-order chi connectivity index (χ1) is 8.19. The molecule has 1 saturated carbocycles. The van der Waals surface area contributed by atoms with Gasteiger partial charge in [0.15, 0.2) is 6.10 Å². The van der Waals surface area contributed by atoms with E-state index in [2.05, 4.69) is 11.4 Å². The molecule has 1 aromatic carbocycles. The number of nitrogens with one attached hydrogen (secondary N) is 1. The Labute approximate surface area is 106 Å². The second-order valence-electron chi connectivity index (χ2n) is 4.30. The fraction of sp³-hybridized carbons (Fsp3) is 0.462. The maximum absolute atomic E-state index is 8.75. The number of nitriles is 1. The minimum absolute atomic E-state index is 0.448. The molecule has 90 valence electrons. The van der Waals surface area contributed by atoms with Gasteiger partial charge in [-0.05, 0) is 38.0 Å². The van der Waals surface area contributed by atoms with Crippen molar-refractivity contribution in [1.82, 2.24) is 5.32 Å². The average molecular weight is 251 g/mol. The summed E-state index contributed by atoms with van der Waals surface area (Å²) in [5.41, 5.74) is 1.01. The van der Waals surface area contributed by atoms with E-state index in [-0.39, 0.29) is 0 Å². The second kappa shape index (κ2) is 5.39. The molecular formula is C13H15ClN2O. The zero-order valence-electron chi connectivity index (χ0n) is 9.74. The van der Waals surface area contributed by atoms with Crippen molar-refractivity contribution in [3.8, 4) is 11.8 Å². The Morgan fingerprint density at radius 3 is 3.00 bits per heavy atom. The Hall–Kier alpha value is -1.24. The first-order valence-electron chi connectivity index (χ1n) is 5.77. The SMILES string of the molecule is CC(C#N)Oc1ccc(Cl)cc1CNC1CC1. The minimum Gasteiger partial charge on any atom is -0.476 e. The lowest BCUT2D eigenvalue weighted by atomic mass is 10.2. The fourth-order valence-corrected chi connectivity index (χ4v) is 1.75. The zero-order valence-corrected chi connectivity index (χ0v) is 10.5. The standard InChI is InChI=1S/C13H15ClN2O/c1-9(7-15)17-13-5-2-11(14)6-10(13)8-16-12-3-4-12/h2,5-6,9,12,16H,3-4,8H2,1H3. The van der Waals surface area contributed by atoms with Crippen molar-refractivity contribution in [3.05, 3.63) is 28.8 Å². The van der Waals surface area contributed by atoms with Crippen molar-refractivity contribution >= 4 is 11.6 Å². The molecule has 1 fully saturated rings. The Bertz CT molecular complexity index is 438. The van der Waals surface area contributed by atoms with Gasteiger partial charge in [-0.1, -0.05) is 11.6 Å². The molecule has 0 heterocycles. The van der Waals surface area contributed by atoms with Gasteiger partial charge in [-0.25, -0.2) is 0 Å². The van der Waals surface area contributed by atoms with Crippen LogP contribution in [0.5, 0.6) is 5.75 Å². The third kappa shape index (κ3) is 3.62. The Morgan fingerprint density at radius 2 is 2.35 bits per heavy atom. The van der Waals surface area contributed by atoms with Gasteiger partial charge in [0.1, 0.15) is 11.8 Å². The molecule has 1 N–H and O–H groups in total. The van der Waals surface area contributed by atoms with Crippen LogP contribution in [0.4, 0.5) is 0 Å². The van der Waals surface area contributed by atoms with Gasteiger partial charge in [0, 0.05) is 23.2 Å². The van der Waals surface area contributed by atoms with Crippen molar-refractivity contribution in [2.24, 2.45) is 0 Å². The van der Waals surface area contributed by atoms with Crippen LogP contribution in [0.1, 0.15) is 25.3 Å². The molecule has 17 heavy (non-hydrogen) atoms. The maximum atomic E-state index is 8.75. The molecule has 1 aliphatic carbocycles. The molecule has 1 atom stereocenters. The maximum Gasteiger partial charge on any atom is 0.181 e. The molecule has 1 aliphatic rings. The Morgan fingerprint density at radius 1 is 1.59 bits per heavy atom. The summed E-state index contributed by atoms with van der Waals surface area (Å²) in [6.07, 6.45) is 2.03. The van der Waals surface area contributed by atoms with Gasteiger partial charge in [-0.2, -0.15) is 5.26 Å². The van der Waals surface area contributed by atoms with E-state index < -0.39 is 6.10 Å². The number of nitrogens with zero attached hydrogens (tertiary/aromatic N) is 1. The van der Waals surface area contributed by atoms with Gasteiger partial charge in [0.2, 0.25) is 0 Å². The lowest BCUT2D eigenvalue weighted by Gasteiger charge is -2.13. The van der Waals surface area contributed by atoms with Crippen molar-refractivity contribution in [2.75, 3.05) is 0 Å². The van der Waals surface area contributed by atoms with Gasteiger partial charge in [-0.15, -0.1) is 0 Å². The van der Waals surface area contributed by atoms with E-state index in [1.165, 1.54) is 12.8 Å². The number of halogens is 1. The Kier molecular flexibility index (Phi) is 3.88. The normalized spacial score (nSPS) is 16.3. The van der Waals surface area contributed by atoms with Crippen LogP contribution in [0.3, 0.4) is 0 Å². The molecule has 0 bridgehead atoms. The lowest BCUT2D eigenvalue weighted by Crippen LogP contribution is -2.17. The van der Waals surface area contributed by atoms with E-state index in [1.807, 2.05) is 12.1 Å². The molecule has 4 heteroatoms. The third-order valence-electron chi connectivity index (χ3n) is 2.67. The van der Waals surface area contributed by atoms with Gasteiger partial charge < -0.3 is 10.1 Å². The monoisotopic (exact) mass is 250 g/mol. The smallest absolute Gasteiger partial charge is 0.181 e. The fourth-order valence-electron chi connectivity index (χ4n) is 1.56. The number of benzene rings is 1. The summed E-state index contributed by atoms with van der Waals surface area (Å²) >= 11 is 5.97. The van der Waals surface area contributed by atoms with Gasteiger partial charge in [0.25, 0.3) is 0 Å². The van der Waals surface area contributed by atoms with Crippen LogP contribution in [-0.2, 0) is 6.54 Å². The summed E-state index contributed by atoms with van der Waals surface area (Å²) in [4.78, 5) is 0. The number of rotatable bonds is 5.